The number of carbonyl (C=O) groups excluding carboxylic acids is 2. The van der Waals surface area contributed by atoms with Crippen molar-refractivity contribution in [2.75, 3.05) is 40.4 Å². The van der Waals surface area contributed by atoms with E-state index < -0.39 is 0 Å². The van der Waals surface area contributed by atoms with Crippen LogP contribution < -0.4 is 0 Å². The summed E-state index contributed by atoms with van der Waals surface area (Å²) >= 11 is 0. The fraction of sp³-hybridized carbons (Fsp3) is 0.933. The lowest BCUT2D eigenvalue weighted by atomic mass is 10.0. The fourth-order valence-electron chi connectivity index (χ4n) is 5.47. The number of piperazine rings is 1. The number of unbranched alkanes of at least 4 members (excludes halogenated alkanes) is 14. The van der Waals surface area contributed by atoms with E-state index in [4.69, 9.17) is 9.47 Å². The summed E-state index contributed by atoms with van der Waals surface area (Å²) in [5, 5.41) is 0. The molecule has 0 spiro atoms. The summed E-state index contributed by atoms with van der Waals surface area (Å²) in [6.07, 6.45) is 21.9. The van der Waals surface area contributed by atoms with Crippen LogP contribution in [0.5, 0.6) is 0 Å². The molecule has 0 aliphatic carbocycles. The second-order valence-corrected chi connectivity index (χ2v) is 10.7. The van der Waals surface area contributed by atoms with Gasteiger partial charge in [-0.2, -0.15) is 0 Å². The number of rotatable bonds is 22. The first-order chi connectivity index (χ1) is 17.6. The highest BCUT2D eigenvalue weighted by Gasteiger charge is 2.33. The quantitative estimate of drug-likeness (QED) is 0.119. The van der Waals surface area contributed by atoms with Crippen molar-refractivity contribution in [2.24, 2.45) is 0 Å². The summed E-state index contributed by atoms with van der Waals surface area (Å²) < 4.78 is 10.3. The van der Waals surface area contributed by atoms with Gasteiger partial charge in [-0.1, -0.05) is 117 Å². The molecule has 0 radical (unpaired) electrons. The van der Waals surface area contributed by atoms with Crippen molar-refractivity contribution in [1.29, 1.82) is 0 Å². The minimum absolute atomic E-state index is 0.116. The molecule has 1 fully saturated rings. The summed E-state index contributed by atoms with van der Waals surface area (Å²) in [6.45, 7) is 7.67. The summed E-state index contributed by atoms with van der Waals surface area (Å²) in [6, 6.07) is -0.331. The molecule has 1 saturated heterocycles. The highest BCUT2D eigenvalue weighted by Crippen LogP contribution is 2.20. The van der Waals surface area contributed by atoms with E-state index in [1.54, 1.807) is 0 Å². The van der Waals surface area contributed by atoms with Crippen LogP contribution >= 0.6 is 0 Å². The van der Waals surface area contributed by atoms with E-state index in [-0.39, 0.29) is 24.0 Å². The molecule has 36 heavy (non-hydrogen) atoms. The van der Waals surface area contributed by atoms with Crippen molar-refractivity contribution < 1.29 is 19.1 Å². The molecule has 6 nitrogen and oxygen atoms in total. The Labute approximate surface area is 222 Å². The molecule has 1 heterocycles. The Balaban J connectivity index is 2.42. The Hall–Kier alpha value is -1.14. The van der Waals surface area contributed by atoms with E-state index in [1.165, 1.54) is 104 Å². The highest BCUT2D eigenvalue weighted by atomic mass is 16.5. The first-order valence-corrected chi connectivity index (χ1v) is 15.2. The van der Waals surface area contributed by atoms with Gasteiger partial charge in [0.2, 0.25) is 0 Å². The van der Waals surface area contributed by atoms with E-state index in [2.05, 4.69) is 23.6 Å². The van der Waals surface area contributed by atoms with Crippen LogP contribution in [0, 0.1) is 0 Å². The molecule has 2 atom stereocenters. The zero-order valence-corrected chi connectivity index (χ0v) is 24.2. The molecular weight excluding hydrogens is 452 g/mol. The van der Waals surface area contributed by atoms with Gasteiger partial charge in [-0.15, -0.1) is 0 Å². The standard InChI is InChI=1S/C30H58N2O4/c1-5-7-9-11-13-15-17-19-21-27(29(33)35-3)31-23-25-32(26-24-31)28(30(34)36-4)22-20-18-16-14-12-10-8-6-2/h27-28H,5-26H2,1-4H3. The van der Waals surface area contributed by atoms with Gasteiger partial charge >= 0.3 is 11.9 Å². The molecule has 0 amide bonds. The Kier molecular flexibility index (Phi) is 20.0. The van der Waals surface area contributed by atoms with E-state index in [0.717, 1.165) is 51.9 Å². The van der Waals surface area contributed by atoms with Crippen molar-refractivity contribution >= 4 is 11.9 Å². The Morgan fingerprint density at radius 1 is 0.528 bits per heavy atom. The Bertz CT molecular complexity index is 501. The maximum absolute atomic E-state index is 12.6. The van der Waals surface area contributed by atoms with Crippen molar-refractivity contribution in [3.8, 4) is 0 Å². The third-order valence-corrected chi connectivity index (χ3v) is 7.84. The summed E-state index contributed by atoms with van der Waals surface area (Å²) in [7, 11) is 2.99. The lowest BCUT2D eigenvalue weighted by Crippen LogP contribution is -2.56. The monoisotopic (exact) mass is 510 g/mol. The molecule has 0 bridgehead atoms. The van der Waals surface area contributed by atoms with Crippen molar-refractivity contribution in [3.63, 3.8) is 0 Å². The van der Waals surface area contributed by atoms with Crippen molar-refractivity contribution in [1.82, 2.24) is 9.80 Å². The van der Waals surface area contributed by atoms with Gasteiger partial charge in [0.25, 0.3) is 0 Å². The highest BCUT2D eigenvalue weighted by molar-refractivity contribution is 5.76. The molecule has 1 aliphatic rings. The van der Waals surface area contributed by atoms with E-state index in [1.807, 2.05) is 0 Å². The predicted molar refractivity (Wildman–Crippen MR) is 149 cm³/mol. The topological polar surface area (TPSA) is 59.1 Å². The van der Waals surface area contributed by atoms with Crippen LogP contribution in [-0.2, 0) is 19.1 Å². The van der Waals surface area contributed by atoms with Gasteiger partial charge in [0.05, 0.1) is 14.2 Å². The van der Waals surface area contributed by atoms with E-state index >= 15 is 0 Å². The third-order valence-electron chi connectivity index (χ3n) is 7.84. The second kappa shape index (κ2) is 21.9. The number of hydrogen-bond donors (Lipinski definition) is 0. The minimum atomic E-state index is -0.165. The van der Waals surface area contributed by atoms with Crippen LogP contribution in [0.1, 0.15) is 129 Å². The summed E-state index contributed by atoms with van der Waals surface area (Å²) in [5.41, 5.74) is 0. The summed E-state index contributed by atoms with van der Waals surface area (Å²) in [4.78, 5) is 29.7. The van der Waals surface area contributed by atoms with Crippen LogP contribution in [0.3, 0.4) is 0 Å². The maximum Gasteiger partial charge on any atom is 0.323 e. The molecule has 0 saturated carbocycles. The molecule has 0 aromatic carbocycles. The fourth-order valence-corrected chi connectivity index (χ4v) is 5.47. The van der Waals surface area contributed by atoms with Gasteiger partial charge in [-0.3, -0.25) is 19.4 Å². The van der Waals surface area contributed by atoms with Crippen LogP contribution in [0.25, 0.3) is 0 Å². The molecule has 0 aromatic heterocycles. The van der Waals surface area contributed by atoms with Gasteiger partial charge in [0.15, 0.2) is 0 Å². The molecule has 1 aliphatic heterocycles. The average Bonchev–Trinajstić information content (AvgIpc) is 2.91. The van der Waals surface area contributed by atoms with Crippen molar-refractivity contribution in [3.05, 3.63) is 0 Å². The zero-order valence-electron chi connectivity index (χ0n) is 24.2. The molecular formula is C30H58N2O4. The van der Waals surface area contributed by atoms with Crippen LogP contribution in [-0.4, -0.2) is 74.2 Å². The zero-order chi connectivity index (χ0) is 26.4. The van der Waals surface area contributed by atoms with Gasteiger partial charge < -0.3 is 9.47 Å². The minimum Gasteiger partial charge on any atom is -0.468 e. The molecule has 0 aromatic rings. The number of esters is 2. The average molecular weight is 511 g/mol. The summed E-state index contributed by atoms with van der Waals surface area (Å²) in [5.74, 6) is -0.232. The number of methoxy groups -OCH3 is 2. The third kappa shape index (κ3) is 14.0. The first kappa shape index (κ1) is 32.9. The largest absolute Gasteiger partial charge is 0.468 e. The smallest absolute Gasteiger partial charge is 0.323 e. The number of ether oxygens (including phenoxy) is 2. The van der Waals surface area contributed by atoms with Crippen molar-refractivity contribution in [2.45, 2.75) is 142 Å². The molecule has 212 valence electrons. The maximum atomic E-state index is 12.6. The first-order valence-electron chi connectivity index (χ1n) is 15.2. The lowest BCUT2D eigenvalue weighted by Gasteiger charge is -2.40. The molecule has 6 heteroatoms. The Morgan fingerprint density at radius 3 is 1.08 bits per heavy atom. The van der Waals surface area contributed by atoms with Gasteiger partial charge in [0, 0.05) is 26.2 Å². The van der Waals surface area contributed by atoms with E-state index in [9.17, 15) is 9.59 Å². The Morgan fingerprint density at radius 2 is 0.806 bits per heavy atom. The van der Waals surface area contributed by atoms with Gasteiger partial charge in [-0.25, -0.2) is 0 Å². The van der Waals surface area contributed by atoms with E-state index in [0.29, 0.717) is 0 Å². The number of carbonyl (C=O) groups is 2. The molecule has 2 unspecified atom stereocenters. The lowest BCUT2D eigenvalue weighted by molar-refractivity contribution is -0.152. The predicted octanol–water partition coefficient (Wildman–Crippen LogP) is 6.75. The molecule has 0 N–H and O–H groups in total. The van der Waals surface area contributed by atoms with Gasteiger partial charge in [-0.05, 0) is 12.8 Å². The molecule has 1 rings (SSSR count). The normalized spacial score (nSPS) is 16.6. The SMILES string of the molecule is CCCCCCCCCCC(C(=O)OC)N1CCN(C(CCCCCCCCCC)C(=O)OC)CC1. The van der Waals surface area contributed by atoms with Crippen LogP contribution in [0.4, 0.5) is 0 Å². The number of hydrogen-bond acceptors (Lipinski definition) is 6. The second-order valence-electron chi connectivity index (χ2n) is 10.7. The number of nitrogens with zero attached hydrogens (tertiary/aromatic N) is 2. The van der Waals surface area contributed by atoms with Crippen LogP contribution in [0.15, 0.2) is 0 Å². The van der Waals surface area contributed by atoms with Gasteiger partial charge in [0.1, 0.15) is 12.1 Å². The van der Waals surface area contributed by atoms with Crippen LogP contribution in [0.2, 0.25) is 0 Å².